The summed E-state index contributed by atoms with van der Waals surface area (Å²) >= 11 is 3.28. The van der Waals surface area contributed by atoms with Crippen LogP contribution < -0.4 is 5.32 Å². The Balaban J connectivity index is 2.03. The molecule has 4 heteroatoms. The molecule has 1 atom stereocenters. The molecule has 0 radical (unpaired) electrons. The van der Waals surface area contributed by atoms with Crippen molar-refractivity contribution in [2.75, 3.05) is 26.2 Å². The average Bonchev–Trinajstić information content (AvgIpc) is 2.48. The minimum Gasteiger partial charge on any atom is -0.317 e. The maximum atomic E-state index is 13.4. The number of benzene rings is 1. The lowest BCUT2D eigenvalue weighted by molar-refractivity contribution is 0.168. The van der Waals surface area contributed by atoms with Gasteiger partial charge in [-0.1, -0.05) is 13.0 Å². The summed E-state index contributed by atoms with van der Waals surface area (Å²) in [5.74, 6) is 0.588. The van der Waals surface area contributed by atoms with Gasteiger partial charge in [0.15, 0.2) is 0 Å². The topological polar surface area (TPSA) is 15.3 Å². The first-order valence-corrected chi connectivity index (χ1v) is 8.30. The summed E-state index contributed by atoms with van der Waals surface area (Å²) in [4.78, 5) is 2.50. The molecule has 1 N–H and O–H groups in total. The highest BCUT2D eigenvalue weighted by atomic mass is 79.9. The number of hydrogen-bond acceptors (Lipinski definition) is 2. The van der Waals surface area contributed by atoms with Gasteiger partial charge in [0.1, 0.15) is 5.82 Å². The van der Waals surface area contributed by atoms with E-state index in [2.05, 4.69) is 40.0 Å². The van der Waals surface area contributed by atoms with E-state index in [1.165, 1.54) is 18.4 Å². The van der Waals surface area contributed by atoms with E-state index in [0.29, 0.717) is 10.5 Å². The number of piperidine rings is 1. The molecule has 0 amide bonds. The van der Waals surface area contributed by atoms with E-state index in [1.54, 1.807) is 6.07 Å². The molecule has 112 valence electrons. The van der Waals surface area contributed by atoms with Crippen LogP contribution in [0.3, 0.4) is 0 Å². The van der Waals surface area contributed by atoms with E-state index < -0.39 is 0 Å². The fourth-order valence-electron chi connectivity index (χ4n) is 2.94. The largest absolute Gasteiger partial charge is 0.317 e. The van der Waals surface area contributed by atoms with Crippen molar-refractivity contribution >= 4 is 15.9 Å². The summed E-state index contributed by atoms with van der Waals surface area (Å²) in [6, 6.07) is 5.68. The maximum absolute atomic E-state index is 13.4. The van der Waals surface area contributed by atoms with Gasteiger partial charge >= 0.3 is 0 Å². The van der Waals surface area contributed by atoms with Crippen LogP contribution in [0.1, 0.15) is 38.3 Å². The van der Waals surface area contributed by atoms with Crippen molar-refractivity contribution < 1.29 is 4.39 Å². The first-order valence-electron chi connectivity index (χ1n) is 7.51. The minimum atomic E-state index is -0.192. The monoisotopic (exact) mass is 342 g/mol. The predicted molar refractivity (Wildman–Crippen MR) is 85.4 cm³/mol. The first kappa shape index (κ1) is 15.9. The molecule has 0 aliphatic carbocycles. The van der Waals surface area contributed by atoms with Gasteiger partial charge in [0.2, 0.25) is 0 Å². The van der Waals surface area contributed by atoms with Gasteiger partial charge < -0.3 is 5.32 Å². The van der Waals surface area contributed by atoms with Gasteiger partial charge in [-0.2, -0.15) is 0 Å². The van der Waals surface area contributed by atoms with Gasteiger partial charge in [-0.3, -0.25) is 4.90 Å². The molecule has 0 aromatic heterocycles. The van der Waals surface area contributed by atoms with Crippen LogP contribution >= 0.6 is 15.9 Å². The number of nitrogens with one attached hydrogen (secondary N) is 1. The molecule has 0 bridgehead atoms. The van der Waals surface area contributed by atoms with Crippen LogP contribution in [0.4, 0.5) is 4.39 Å². The highest BCUT2D eigenvalue weighted by molar-refractivity contribution is 9.10. The van der Waals surface area contributed by atoms with Crippen LogP contribution in [0.5, 0.6) is 0 Å². The zero-order valence-corrected chi connectivity index (χ0v) is 13.9. The van der Waals surface area contributed by atoms with Crippen LogP contribution in [0.15, 0.2) is 22.7 Å². The Morgan fingerprint density at radius 1 is 1.40 bits per heavy atom. The lowest BCUT2D eigenvalue weighted by Crippen LogP contribution is -2.37. The summed E-state index contributed by atoms with van der Waals surface area (Å²) in [5, 5.41) is 3.41. The normalized spacial score (nSPS) is 18.4. The van der Waals surface area contributed by atoms with E-state index in [0.717, 1.165) is 32.1 Å². The van der Waals surface area contributed by atoms with Gasteiger partial charge in [-0.25, -0.2) is 4.39 Å². The molecule has 0 saturated carbocycles. The predicted octanol–water partition coefficient (Wildman–Crippen LogP) is 3.97. The average molecular weight is 343 g/mol. The number of halogens is 2. The second-order valence-electron chi connectivity index (χ2n) is 5.63. The third-order valence-electron chi connectivity index (χ3n) is 4.33. The van der Waals surface area contributed by atoms with E-state index in [9.17, 15) is 4.39 Å². The number of nitrogens with zero attached hydrogens (tertiary/aromatic N) is 1. The Morgan fingerprint density at radius 3 is 2.70 bits per heavy atom. The second kappa shape index (κ2) is 7.53. The van der Waals surface area contributed by atoms with Crippen LogP contribution in [0, 0.1) is 11.7 Å². The van der Waals surface area contributed by atoms with E-state index in [1.807, 2.05) is 12.1 Å². The van der Waals surface area contributed by atoms with Crippen molar-refractivity contribution in [3.05, 3.63) is 34.1 Å². The molecule has 1 aliphatic heterocycles. The van der Waals surface area contributed by atoms with Gasteiger partial charge in [0.05, 0.1) is 4.47 Å². The molecule has 1 aromatic rings. The lowest BCUT2D eigenvalue weighted by atomic mass is 9.96. The lowest BCUT2D eigenvalue weighted by Gasteiger charge is -2.33. The van der Waals surface area contributed by atoms with E-state index in [-0.39, 0.29) is 5.82 Å². The Kier molecular flexibility index (Phi) is 6.00. The van der Waals surface area contributed by atoms with Crippen molar-refractivity contribution in [3.8, 4) is 0 Å². The summed E-state index contributed by atoms with van der Waals surface area (Å²) in [6.07, 6.45) is 2.52. The molecule has 1 fully saturated rings. The fourth-order valence-corrected chi connectivity index (χ4v) is 3.34. The summed E-state index contributed by atoms with van der Waals surface area (Å²) < 4.78 is 13.9. The standard InChI is InChI=1S/C16H24BrFN2/c1-3-20(11-13-6-8-19-9-7-13)12(2)14-4-5-16(18)15(17)10-14/h4-5,10,12-13,19H,3,6-9,11H2,1-2H3. The molecular weight excluding hydrogens is 319 g/mol. The highest BCUT2D eigenvalue weighted by Crippen LogP contribution is 2.26. The Bertz CT molecular complexity index is 432. The van der Waals surface area contributed by atoms with Gasteiger partial charge in [0.25, 0.3) is 0 Å². The maximum Gasteiger partial charge on any atom is 0.137 e. The number of hydrogen-bond donors (Lipinski definition) is 1. The third-order valence-corrected chi connectivity index (χ3v) is 4.94. The van der Waals surface area contributed by atoms with Crippen molar-refractivity contribution in [1.29, 1.82) is 0 Å². The molecule has 1 heterocycles. The minimum absolute atomic E-state index is 0.192. The molecule has 20 heavy (non-hydrogen) atoms. The zero-order chi connectivity index (χ0) is 14.5. The van der Waals surface area contributed by atoms with Crippen LogP contribution in [-0.4, -0.2) is 31.1 Å². The van der Waals surface area contributed by atoms with E-state index >= 15 is 0 Å². The molecule has 1 saturated heterocycles. The van der Waals surface area contributed by atoms with Crippen LogP contribution in [-0.2, 0) is 0 Å². The first-order chi connectivity index (χ1) is 9.61. The molecular formula is C16H24BrFN2. The van der Waals surface area contributed by atoms with Gasteiger partial charge in [-0.15, -0.1) is 0 Å². The van der Waals surface area contributed by atoms with Gasteiger partial charge in [-0.05, 0) is 78.9 Å². The highest BCUT2D eigenvalue weighted by Gasteiger charge is 2.21. The Morgan fingerprint density at radius 2 is 2.10 bits per heavy atom. The van der Waals surface area contributed by atoms with Crippen LogP contribution in [0.25, 0.3) is 0 Å². The molecule has 2 rings (SSSR count). The number of rotatable bonds is 5. The second-order valence-corrected chi connectivity index (χ2v) is 6.48. The zero-order valence-electron chi connectivity index (χ0n) is 12.3. The summed E-state index contributed by atoms with van der Waals surface area (Å²) in [7, 11) is 0. The van der Waals surface area contributed by atoms with Crippen molar-refractivity contribution in [2.24, 2.45) is 5.92 Å². The molecule has 0 spiro atoms. The SMILES string of the molecule is CCN(CC1CCNCC1)C(C)c1ccc(F)c(Br)c1. The van der Waals surface area contributed by atoms with E-state index in [4.69, 9.17) is 0 Å². The molecule has 2 nitrogen and oxygen atoms in total. The van der Waals surface area contributed by atoms with Crippen molar-refractivity contribution in [1.82, 2.24) is 10.2 Å². The molecule has 1 aromatic carbocycles. The summed E-state index contributed by atoms with van der Waals surface area (Å²) in [5.41, 5.74) is 1.18. The summed E-state index contributed by atoms with van der Waals surface area (Å²) in [6.45, 7) is 8.85. The van der Waals surface area contributed by atoms with Crippen LogP contribution in [0.2, 0.25) is 0 Å². The third kappa shape index (κ3) is 4.03. The quantitative estimate of drug-likeness (QED) is 0.870. The molecule has 1 aliphatic rings. The van der Waals surface area contributed by atoms with Crippen molar-refractivity contribution in [3.63, 3.8) is 0 Å². The van der Waals surface area contributed by atoms with Gasteiger partial charge in [0, 0.05) is 12.6 Å². The fraction of sp³-hybridized carbons (Fsp3) is 0.625. The Hall–Kier alpha value is -0.450. The smallest absolute Gasteiger partial charge is 0.137 e. The Labute approximate surface area is 129 Å². The van der Waals surface area contributed by atoms with Crippen molar-refractivity contribution in [2.45, 2.75) is 32.7 Å². The molecule has 1 unspecified atom stereocenters.